The van der Waals surface area contributed by atoms with Crippen molar-refractivity contribution < 1.29 is 27.5 Å². The average Bonchev–Trinajstić information content (AvgIpc) is 2.75. The zero-order valence-electron chi connectivity index (χ0n) is 18.3. The molecule has 2 rings (SSSR count). The second kappa shape index (κ2) is 9.79. The number of ketones is 1. The molecule has 0 fully saturated rings. The SMILES string of the molecule is CC(=O)Nc1ccc(S(=O)(=O)N(C)CC(=O)OCC(=O)c2c(N)n(C)c(=O)n(C)c2=O)cc1. The summed E-state index contributed by atoms with van der Waals surface area (Å²) in [6.45, 7) is -0.292. The Morgan fingerprint density at radius 2 is 1.67 bits per heavy atom. The van der Waals surface area contributed by atoms with Crippen LogP contribution in [0.5, 0.6) is 0 Å². The van der Waals surface area contributed by atoms with E-state index in [1.807, 2.05) is 0 Å². The highest BCUT2D eigenvalue weighted by Crippen LogP contribution is 2.17. The van der Waals surface area contributed by atoms with Gasteiger partial charge in [-0.25, -0.2) is 13.2 Å². The molecule has 3 N–H and O–H groups in total. The minimum Gasteiger partial charge on any atom is -0.456 e. The number of aromatic nitrogens is 2. The molecule has 0 aliphatic carbocycles. The van der Waals surface area contributed by atoms with Crippen molar-refractivity contribution in [3.05, 3.63) is 50.7 Å². The molecule has 13 nitrogen and oxygen atoms in total. The summed E-state index contributed by atoms with van der Waals surface area (Å²) in [5.74, 6) is -2.70. The van der Waals surface area contributed by atoms with Gasteiger partial charge in [0, 0.05) is 33.8 Å². The number of carbonyl (C=O) groups is 3. The zero-order chi connectivity index (χ0) is 25.1. The lowest BCUT2D eigenvalue weighted by atomic mass is 10.2. The quantitative estimate of drug-likeness (QED) is 0.341. The van der Waals surface area contributed by atoms with Crippen molar-refractivity contribution in [2.24, 2.45) is 14.1 Å². The Morgan fingerprint density at radius 3 is 2.21 bits per heavy atom. The van der Waals surface area contributed by atoms with Crippen LogP contribution in [0.4, 0.5) is 11.5 Å². The van der Waals surface area contributed by atoms with Crippen molar-refractivity contribution in [3.63, 3.8) is 0 Å². The Bertz CT molecular complexity index is 1330. The van der Waals surface area contributed by atoms with Crippen LogP contribution in [-0.4, -0.2) is 59.7 Å². The first kappa shape index (κ1) is 25.5. The summed E-state index contributed by atoms with van der Waals surface area (Å²) in [5.41, 5.74) is 3.87. The molecule has 0 aliphatic rings. The van der Waals surface area contributed by atoms with E-state index in [1.165, 1.54) is 38.2 Å². The van der Waals surface area contributed by atoms with Crippen molar-refractivity contribution >= 4 is 39.2 Å². The fourth-order valence-electron chi connectivity index (χ4n) is 2.75. The van der Waals surface area contributed by atoms with Crippen molar-refractivity contribution in [1.82, 2.24) is 13.4 Å². The van der Waals surface area contributed by atoms with E-state index in [-0.39, 0.29) is 16.6 Å². The number of amides is 1. The first-order valence-electron chi connectivity index (χ1n) is 9.35. The van der Waals surface area contributed by atoms with E-state index in [9.17, 15) is 32.4 Å². The summed E-state index contributed by atoms with van der Waals surface area (Å²) in [6.07, 6.45) is 0. The number of nitrogens with one attached hydrogen (secondary N) is 1. The maximum atomic E-state index is 12.6. The molecule has 0 radical (unpaired) electrons. The molecule has 0 saturated carbocycles. The van der Waals surface area contributed by atoms with Gasteiger partial charge in [-0.3, -0.25) is 28.3 Å². The fourth-order valence-corrected chi connectivity index (χ4v) is 3.86. The molecule has 1 aromatic heterocycles. The molecular formula is C19H23N5O8S. The first-order chi connectivity index (χ1) is 15.3. The maximum absolute atomic E-state index is 12.6. The first-order valence-corrected chi connectivity index (χ1v) is 10.8. The maximum Gasteiger partial charge on any atom is 0.332 e. The summed E-state index contributed by atoms with van der Waals surface area (Å²) < 4.78 is 32.4. The van der Waals surface area contributed by atoms with Gasteiger partial charge in [-0.15, -0.1) is 0 Å². The van der Waals surface area contributed by atoms with E-state index in [2.05, 4.69) is 5.32 Å². The monoisotopic (exact) mass is 481 g/mol. The number of nitrogen functional groups attached to an aromatic ring is 1. The zero-order valence-corrected chi connectivity index (χ0v) is 19.1. The molecule has 0 aliphatic heterocycles. The number of sulfonamides is 1. The van der Waals surface area contributed by atoms with Crippen LogP contribution in [0.25, 0.3) is 0 Å². The lowest BCUT2D eigenvalue weighted by molar-refractivity contribution is -0.142. The molecule has 1 amide bonds. The third-order valence-corrected chi connectivity index (χ3v) is 6.41. The summed E-state index contributed by atoms with van der Waals surface area (Å²) in [4.78, 5) is 59.4. The Labute approximate surface area is 188 Å². The van der Waals surface area contributed by atoms with Crippen LogP contribution in [0.2, 0.25) is 0 Å². The van der Waals surface area contributed by atoms with Gasteiger partial charge in [-0.05, 0) is 24.3 Å². The number of carbonyl (C=O) groups excluding carboxylic acids is 3. The van der Waals surface area contributed by atoms with Crippen LogP contribution in [0, 0.1) is 0 Å². The van der Waals surface area contributed by atoms with Crippen LogP contribution < -0.4 is 22.3 Å². The smallest absolute Gasteiger partial charge is 0.332 e. The number of esters is 1. The molecule has 0 saturated heterocycles. The van der Waals surface area contributed by atoms with Crippen LogP contribution >= 0.6 is 0 Å². The summed E-state index contributed by atoms with van der Waals surface area (Å²) in [6, 6.07) is 5.28. The molecule has 1 aromatic carbocycles. The van der Waals surface area contributed by atoms with E-state index >= 15 is 0 Å². The molecule has 14 heteroatoms. The van der Waals surface area contributed by atoms with Gasteiger partial charge in [-0.2, -0.15) is 4.31 Å². The topological polar surface area (TPSA) is 180 Å². The predicted molar refractivity (Wildman–Crippen MR) is 117 cm³/mol. The normalized spacial score (nSPS) is 11.3. The molecule has 0 atom stereocenters. The molecule has 178 valence electrons. The lowest BCUT2D eigenvalue weighted by Crippen LogP contribution is -2.42. The molecular weight excluding hydrogens is 458 g/mol. The molecule has 33 heavy (non-hydrogen) atoms. The standard InChI is InChI=1S/C19H23N5O8S/c1-11(25)21-12-5-7-13(8-6-12)33(30,31)22(2)9-15(27)32-10-14(26)16-17(20)23(3)19(29)24(4)18(16)28/h5-8H,9-10,20H2,1-4H3,(H,21,25). The predicted octanol–water partition coefficient (Wildman–Crippen LogP) is -1.33. The number of nitrogens with zero attached hydrogens (tertiary/aromatic N) is 3. The lowest BCUT2D eigenvalue weighted by Gasteiger charge is -2.17. The summed E-state index contributed by atoms with van der Waals surface area (Å²) in [7, 11) is -0.508. The van der Waals surface area contributed by atoms with Gasteiger partial charge in [-0.1, -0.05) is 0 Å². The molecule has 1 heterocycles. The number of ether oxygens (including phenoxy) is 1. The van der Waals surface area contributed by atoms with Crippen LogP contribution in [-0.2, 0) is 38.4 Å². The number of anilines is 2. The molecule has 0 unspecified atom stereocenters. The van der Waals surface area contributed by atoms with Gasteiger partial charge in [0.25, 0.3) is 5.56 Å². The highest BCUT2D eigenvalue weighted by Gasteiger charge is 2.25. The Balaban J connectivity index is 2.07. The van der Waals surface area contributed by atoms with Gasteiger partial charge in [0.15, 0.2) is 6.61 Å². The number of rotatable bonds is 8. The average molecular weight is 481 g/mol. The number of Topliss-reactive ketones (excluding diaryl/α,β-unsaturated/α-hetero) is 1. The van der Waals surface area contributed by atoms with E-state index in [0.717, 1.165) is 18.7 Å². The Morgan fingerprint density at radius 1 is 1.09 bits per heavy atom. The van der Waals surface area contributed by atoms with Gasteiger partial charge in [0.2, 0.25) is 21.7 Å². The molecule has 0 spiro atoms. The Hall–Kier alpha value is -3.78. The Kier molecular flexibility index (Phi) is 7.56. The highest BCUT2D eigenvalue weighted by molar-refractivity contribution is 7.89. The van der Waals surface area contributed by atoms with Crippen molar-refractivity contribution in [3.8, 4) is 0 Å². The number of likely N-dealkylation sites (N-methyl/N-ethyl adjacent to an activating group) is 1. The van der Waals surface area contributed by atoms with Crippen molar-refractivity contribution in [2.45, 2.75) is 11.8 Å². The van der Waals surface area contributed by atoms with Crippen molar-refractivity contribution in [1.29, 1.82) is 0 Å². The van der Waals surface area contributed by atoms with E-state index < -0.39 is 51.7 Å². The fraction of sp³-hybridized carbons (Fsp3) is 0.316. The second-order valence-corrected chi connectivity index (χ2v) is 9.06. The second-order valence-electron chi connectivity index (χ2n) is 7.02. The summed E-state index contributed by atoms with van der Waals surface area (Å²) >= 11 is 0. The third-order valence-electron chi connectivity index (χ3n) is 4.59. The van der Waals surface area contributed by atoms with Crippen molar-refractivity contribution in [2.75, 3.05) is 31.2 Å². The number of hydrogen-bond acceptors (Lipinski definition) is 9. The minimum absolute atomic E-state index is 0.135. The molecule has 0 bridgehead atoms. The van der Waals surface area contributed by atoms with Gasteiger partial charge in [0.05, 0.1) is 4.90 Å². The molecule has 2 aromatic rings. The highest BCUT2D eigenvalue weighted by atomic mass is 32.2. The third kappa shape index (κ3) is 5.53. The van der Waals surface area contributed by atoms with E-state index in [4.69, 9.17) is 10.5 Å². The summed E-state index contributed by atoms with van der Waals surface area (Å²) in [5, 5.41) is 2.50. The van der Waals surface area contributed by atoms with E-state index in [1.54, 1.807) is 0 Å². The number of nitrogens with two attached hydrogens (primary N) is 1. The minimum atomic E-state index is -4.08. The number of hydrogen-bond donors (Lipinski definition) is 2. The van der Waals surface area contributed by atoms with Gasteiger partial charge >= 0.3 is 11.7 Å². The largest absolute Gasteiger partial charge is 0.456 e. The van der Waals surface area contributed by atoms with Crippen LogP contribution in [0.3, 0.4) is 0 Å². The van der Waals surface area contributed by atoms with Crippen LogP contribution in [0.1, 0.15) is 17.3 Å². The van der Waals surface area contributed by atoms with E-state index in [0.29, 0.717) is 14.6 Å². The van der Waals surface area contributed by atoms with Gasteiger partial charge in [0.1, 0.15) is 17.9 Å². The number of benzene rings is 1. The van der Waals surface area contributed by atoms with Gasteiger partial charge < -0.3 is 15.8 Å². The van der Waals surface area contributed by atoms with Crippen LogP contribution in [0.15, 0.2) is 38.8 Å².